The highest BCUT2D eigenvalue weighted by atomic mass is 16.5. The molecule has 1 heterocycles. The largest absolute Gasteiger partial charge is 0.497 e. The molecular weight excluding hydrogens is 378 g/mol. The first kappa shape index (κ1) is 22.0. The van der Waals surface area contributed by atoms with E-state index in [0.29, 0.717) is 13.2 Å². The molecule has 0 unspecified atom stereocenters. The molecule has 3 atom stereocenters. The molecule has 2 aromatic rings. The highest BCUT2D eigenvalue weighted by Crippen LogP contribution is 2.26. The average molecular weight is 412 g/mol. The minimum Gasteiger partial charge on any atom is -0.497 e. The summed E-state index contributed by atoms with van der Waals surface area (Å²) < 4.78 is 11.3. The zero-order chi connectivity index (χ0) is 21.5. The Bertz CT molecular complexity index is 807. The molecule has 162 valence electrons. The number of hydrogen-bond acceptors (Lipinski definition) is 4. The minimum atomic E-state index is -0.0499. The van der Waals surface area contributed by atoms with Crippen molar-refractivity contribution < 1.29 is 14.3 Å². The second-order valence-electron chi connectivity index (χ2n) is 7.85. The van der Waals surface area contributed by atoms with E-state index >= 15 is 0 Å². The summed E-state index contributed by atoms with van der Waals surface area (Å²) in [4.78, 5) is 14.7. The zero-order valence-electron chi connectivity index (χ0n) is 18.4. The van der Waals surface area contributed by atoms with Gasteiger partial charge in [0.1, 0.15) is 18.1 Å². The number of rotatable bonds is 8. The van der Waals surface area contributed by atoms with Crippen LogP contribution in [0, 0.1) is 6.92 Å². The molecule has 0 spiro atoms. The first-order chi connectivity index (χ1) is 14.5. The van der Waals surface area contributed by atoms with Crippen LogP contribution in [-0.4, -0.2) is 49.3 Å². The normalized spacial score (nSPS) is 20.8. The van der Waals surface area contributed by atoms with E-state index in [0.717, 1.165) is 24.5 Å². The van der Waals surface area contributed by atoms with Crippen LogP contribution >= 0.6 is 0 Å². The van der Waals surface area contributed by atoms with Crippen LogP contribution in [0.15, 0.2) is 48.5 Å². The highest BCUT2D eigenvalue weighted by molar-refractivity contribution is 5.75. The number of carbonyl (C=O) groups is 1. The van der Waals surface area contributed by atoms with Crippen LogP contribution in [0.1, 0.15) is 31.4 Å². The maximum atomic E-state index is 12.7. The molecule has 0 radical (unpaired) electrons. The van der Waals surface area contributed by atoms with Crippen LogP contribution in [-0.2, 0) is 6.54 Å². The fourth-order valence-corrected chi connectivity index (χ4v) is 3.98. The summed E-state index contributed by atoms with van der Waals surface area (Å²) in [7, 11) is 1.67. The van der Waals surface area contributed by atoms with Gasteiger partial charge in [-0.3, -0.25) is 0 Å². The third-order valence-electron chi connectivity index (χ3n) is 5.62. The Morgan fingerprint density at radius 1 is 1.10 bits per heavy atom. The fraction of sp³-hybridized carbons (Fsp3) is 0.458. The summed E-state index contributed by atoms with van der Waals surface area (Å²) in [6, 6.07) is 16.3. The van der Waals surface area contributed by atoms with E-state index in [1.807, 2.05) is 48.2 Å². The minimum absolute atomic E-state index is 0.0312. The third kappa shape index (κ3) is 5.45. The number of carbonyl (C=O) groups excluding carboxylic acids is 1. The second-order valence-corrected chi connectivity index (χ2v) is 7.85. The molecule has 0 aliphatic carbocycles. The predicted octanol–water partition coefficient (Wildman–Crippen LogP) is 3.73. The standard InChI is InChI=1S/C24H33N3O3/c1-5-25-24(28)27-18(3)14-22(26-15-19-8-12-20(29-4)13-9-19)23(27)16-30-21-10-6-17(2)7-11-21/h6-13,18,22-23,26H,5,14-16H2,1-4H3,(H,25,28)/t18-,22+,23+/m1/s1. The molecule has 1 aliphatic heterocycles. The summed E-state index contributed by atoms with van der Waals surface area (Å²) in [6.07, 6.45) is 0.884. The molecule has 2 aromatic carbocycles. The number of aryl methyl sites for hydroxylation is 1. The van der Waals surface area contributed by atoms with Crippen molar-refractivity contribution in [1.29, 1.82) is 0 Å². The molecule has 0 aromatic heterocycles. The molecule has 2 amide bonds. The van der Waals surface area contributed by atoms with Crippen molar-refractivity contribution in [3.63, 3.8) is 0 Å². The maximum Gasteiger partial charge on any atom is 0.318 e. The van der Waals surface area contributed by atoms with Crippen molar-refractivity contribution in [2.45, 2.75) is 51.9 Å². The van der Waals surface area contributed by atoms with E-state index in [1.54, 1.807) is 7.11 Å². The molecule has 2 N–H and O–H groups in total. The Hall–Kier alpha value is -2.73. The molecule has 1 saturated heterocycles. The van der Waals surface area contributed by atoms with E-state index < -0.39 is 0 Å². The van der Waals surface area contributed by atoms with Crippen molar-refractivity contribution in [1.82, 2.24) is 15.5 Å². The summed E-state index contributed by atoms with van der Waals surface area (Å²) in [5, 5.41) is 6.60. The lowest BCUT2D eigenvalue weighted by Gasteiger charge is -2.30. The molecule has 0 saturated carbocycles. The topological polar surface area (TPSA) is 62.8 Å². The van der Waals surface area contributed by atoms with Gasteiger partial charge in [0, 0.05) is 25.2 Å². The van der Waals surface area contributed by atoms with Crippen molar-refractivity contribution >= 4 is 6.03 Å². The van der Waals surface area contributed by atoms with E-state index in [9.17, 15) is 4.79 Å². The second kappa shape index (κ2) is 10.3. The number of amides is 2. The molecule has 3 rings (SSSR count). The lowest BCUT2D eigenvalue weighted by molar-refractivity contribution is 0.141. The third-order valence-corrected chi connectivity index (χ3v) is 5.62. The van der Waals surface area contributed by atoms with Gasteiger partial charge < -0.3 is 25.0 Å². The number of hydrogen-bond donors (Lipinski definition) is 2. The number of benzene rings is 2. The fourth-order valence-electron chi connectivity index (χ4n) is 3.98. The zero-order valence-corrected chi connectivity index (χ0v) is 18.4. The molecule has 6 heteroatoms. The monoisotopic (exact) mass is 411 g/mol. The Morgan fingerprint density at radius 2 is 1.77 bits per heavy atom. The SMILES string of the molecule is CCNC(=O)N1[C@H](C)C[C@H](NCc2ccc(OC)cc2)[C@@H]1COc1ccc(C)cc1. The van der Waals surface area contributed by atoms with E-state index in [2.05, 4.69) is 36.6 Å². The lowest BCUT2D eigenvalue weighted by atomic mass is 10.1. The summed E-state index contributed by atoms with van der Waals surface area (Å²) in [6.45, 7) is 7.88. The molecule has 1 aliphatic rings. The van der Waals surface area contributed by atoms with Gasteiger partial charge >= 0.3 is 6.03 Å². The average Bonchev–Trinajstić information content (AvgIpc) is 3.07. The molecule has 30 heavy (non-hydrogen) atoms. The summed E-state index contributed by atoms with van der Waals surface area (Å²) in [5.74, 6) is 1.67. The van der Waals surface area contributed by atoms with Gasteiger partial charge in [-0.25, -0.2) is 4.79 Å². The smallest absolute Gasteiger partial charge is 0.318 e. The Labute approximate surface area is 179 Å². The van der Waals surface area contributed by atoms with Crippen molar-refractivity contribution in [3.8, 4) is 11.5 Å². The van der Waals surface area contributed by atoms with Crippen LogP contribution in [0.5, 0.6) is 11.5 Å². The van der Waals surface area contributed by atoms with Crippen molar-refractivity contribution in [3.05, 3.63) is 59.7 Å². The van der Waals surface area contributed by atoms with Gasteiger partial charge in [0.15, 0.2) is 0 Å². The van der Waals surface area contributed by atoms with Crippen molar-refractivity contribution in [2.24, 2.45) is 0 Å². The van der Waals surface area contributed by atoms with Gasteiger partial charge in [-0.1, -0.05) is 29.8 Å². The Kier molecular flexibility index (Phi) is 7.57. The van der Waals surface area contributed by atoms with Gasteiger partial charge in [0.05, 0.1) is 13.2 Å². The predicted molar refractivity (Wildman–Crippen MR) is 119 cm³/mol. The highest BCUT2D eigenvalue weighted by Gasteiger charge is 2.42. The number of nitrogens with zero attached hydrogens (tertiary/aromatic N) is 1. The Balaban J connectivity index is 1.69. The number of methoxy groups -OCH3 is 1. The summed E-state index contributed by atoms with van der Waals surface area (Å²) in [5.41, 5.74) is 2.37. The molecule has 6 nitrogen and oxygen atoms in total. The van der Waals surface area contributed by atoms with Gasteiger partial charge in [-0.05, 0) is 57.0 Å². The van der Waals surface area contributed by atoms with Gasteiger partial charge in [0.2, 0.25) is 0 Å². The molecule has 0 bridgehead atoms. The van der Waals surface area contributed by atoms with E-state index in [4.69, 9.17) is 9.47 Å². The lowest BCUT2D eigenvalue weighted by Crippen LogP contribution is -2.52. The van der Waals surface area contributed by atoms with Gasteiger partial charge in [-0.2, -0.15) is 0 Å². The summed E-state index contributed by atoms with van der Waals surface area (Å²) >= 11 is 0. The van der Waals surface area contributed by atoms with Crippen molar-refractivity contribution in [2.75, 3.05) is 20.3 Å². The maximum absolute atomic E-state index is 12.7. The van der Waals surface area contributed by atoms with Gasteiger partial charge in [0.25, 0.3) is 0 Å². The first-order valence-corrected chi connectivity index (χ1v) is 10.6. The van der Waals surface area contributed by atoms with Crippen LogP contribution in [0.4, 0.5) is 4.79 Å². The first-order valence-electron chi connectivity index (χ1n) is 10.6. The van der Waals surface area contributed by atoms with Crippen LogP contribution in [0.3, 0.4) is 0 Å². The number of likely N-dealkylation sites (tertiary alicyclic amines) is 1. The van der Waals surface area contributed by atoms with E-state index in [1.165, 1.54) is 11.1 Å². The molecular formula is C24H33N3O3. The van der Waals surface area contributed by atoms with Crippen LogP contribution in [0.2, 0.25) is 0 Å². The quantitative estimate of drug-likeness (QED) is 0.695. The number of ether oxygens (including phenoxy) is 2. The Morgan fingerprint density at radius 3 is 2.40 bits per heavy atom. The molecule has 1 fully saturated rings. The van der Waals surface area contributed by atoms with Gasteiger partial charge in [-0.15, -0.1) is 0 Å². The number of urea groups is 1. The van der Waals surface area contributed by atoms with E-state index in [-0.39, 0.29) is 24.2 Å². The van der Waals surface area contributed by atoms with Crippen LogP contribution < -0.4 is 20.1 Å². The van der Waals surface area contributed by atoms with Crippen LogP contribution in [0.25, 0.3) is 0 Å². The number of nitrogens with one attached hydrogen (secondary N) is 2.